The van der Waals surface area contributed by atoms with Gasteiger partial charge in [-0.2, -0.15) is 0 Å². The molecule has 0 spiro atoms. The second-order valence-corrected chi connectivity index (χ2v) is 7.56. The van der Waals surface area contributed by atoms with Crippen molar-refractivity contribution < 1.29 is 24.3 Å². The summed E-state index contributed by atoms with van der Waals surface area (Å²) >= 11 is 6.12. The number of fused-ring (bicyclic) bond motifs is 1. The molecule has 8 heteroatoms. The number of rotatable bonds is 7. The molecular formula is C20H27ClN3O4+. The molecule has 7 nitrogen and oxygen atoms in total. The number of aliphatic hydroxyl groups excluding tert-OH is 1. The number of nitrogens with one attached hydrogen (secondary N) is 3. The molecule has 4 N–H and O–H groups in total. The minimum Gasteiger partial charge on any atom is -0.461 e. The van der Waals surface area contributed by atoms with Gasteiger partial charge in [0, 0.05) is 29.0 Å². The summed E-state index contributed by atoms with van der Waals surface area (Å²) in [6.45, 7) is 3.30. The van der Waals surface area contributed by atoms with Crippen LogP contribution in [0, 0.1) is 0 Å². The number of ether oxygens (including phenoxy) is 1. The molecule has 0 radical (unpaired) electrons. The van der Waals surface area contributed by atoms with Crippen molar-refractivity contribution in [1.29, 1.82) is 0 Å². The maximum atomic E-state index is 12.8. The van der Waals surface area contributed by atoms with E-state index < -0.39 is 5.97 Å². The van der Waals surface area contributed by atoms with Gasteiger partial charge in [-0.15, -0.1) is 0 Å². The Morgan fingerprint density at radius 1 is 1.39 bits per heavy atom. The zero-order valence-corrected chi connectivity index (χ0v) is 16.8. The SMILES string of the molecule is CCOC(=O)c1[nH]c2ccc(Cl)cc2c1NC(=O)C[NH+]1CCCC[C@H]1CCO. The van der Waals surface area contributed by atoms with E-state index in [1.54, 1.807) is 25.1 Å². The largest absolute Gasteiger partial charge is 0.461 e. The highest BCUT2D eigenvalue weighted by Crippen LogP contribution is 2.30. The van der Waals surface area contributed by atoms with Crippen molar-refractivity contribution >= 4 is 40.1 Å². The second kappa shape index (κ2) is 9.41. The molecule has 0 aliphatic carbocycles. The number of H-pyrrole nitrogens is 1. The number of esters is 1. The smallest absolute Gasteiger partial charge is 0.356 e. The highest BCUT2D eigenvalue weighted by Gasteiger charge is 2.29. The van der Waals surface area contributed by atoms with E-state index in [0.717, 1.165) is 25.8 Å². The lowest BCUT2D eigenvalue weighted by Crippen LogP contribution is -3.17. The predicted molar refractivity (Wildman–Crippen MR) is 108 cm³/mol. The number of benzene rings is 1. The molecular weight excluding hydrogens is 382 g/mol. The molecule has 0 saturated carbocycles. The number of hydrogen-bond acceptors (Lipinski definition) is 4. The van der Waals surface area contributed by atoms with Crippen molar-refractivity contribution in [3.8, 4) is 0 Å². The molecule has 1 fully saturated rings. The Labute approximate surface area is 169 Å². The van der Waals surface area contributed by atoms with E-state index in [1.807, 2.05) is 0 Å². The summed E-state index contributed by atoms with van der Waals surface area (Å²) < 4.78 is 5.12. The van der Waals surface area contributed by atoms with E-state index >= 15 is 0 Å². The summed E-state index contributed by atoms with van der Waals surface area (Å²) in [4.78, 5) is 29.4. The minimum atomic E-state index is -0.520. The Morgan fingerprint density at radius 3 is 2.96 bits per heavy atom. The van der Waals surface area contributed by atoms with Crippen molar-refractivity contribution in [2.24, 2.45) is 0 Å². The van der Waals surface area contributed by atoms with Crippen LogP contribution in [0.4, 0.5) is 5.69 Å². The summed E-state index contributed by atoms with van der Waals surface area (Å²) in [5.74, 6) is -0.695. The maximum Gasteiger partial charge on any atom is 0.356 e. The zero-order valence-electron chi connectivity index (χ0n) is 16.0. The van der Waals surface area contributed by atoms with Crippen LogP contribution in [0.15, 0.2) is 18.2 Å². The van der Waals surface area contributed by atoms with Gasteiger partial charge in [0.2, 0.25) is 0 Å². The number of hydrogen-bond donors (Lipinski definition) is 4. The molecule has 3 rings (SSSR count). The fraction of sp³-hybridized carbons (Fsp3) is 0.500. The van der Waals surface area contributed by atoms with E-state index in [4.69, 9.17) is 16.3 Å². The Bertz CT molecular complexity index is 849. The first kappa shape index (κ1) is 20.6. The van der Waals surface area contributed by atoms with Crippen LogP contribution >= 0.6 is 11.6 Å². The Morgan fingerprint density at radius 2 is 2.21 bits per heavy atom. The number of halogens is 1. The van der Waals surface area contributed by atoms with E-state index in [0.29, 0.717) is 34.6 Å². The number of amides is 1. The quantitative estimate of drug-likeness (QED) is 0.525. The van der Waals surface area contributed by atoms with Gasteiger partial charge in [0.05, 0.1) is 24.9 Å². The van der Waals surface area contributed by atoms with Gasteiger partial charge in [-0.25, -0.2) is 4.79 Å². The van der Waals surface area contributed by atoms with Gasteiger partial charge in [0.1, 0.15) is 5.69 Å². The summed E-state index contributed by atoms with van der Waals surface area (Å²) in [6.07, 6.45) is 3.91. The van der Waals surface area contributed by atoms with E-state index in [2.05, 4.69) is 10.3 Å². The first-order valence-electron chi connectivity index (χ1n) is 9.77. The van der Waals surface area contributed by atoms with Crippen LogP contribution in [0.25, 0.3) is 10.9 Å². The topological polar surface area (TPSA) is 95.9 Å². The molecule has 1 aliphatic rings. The zero-order chi connectivity index (χ0) is 20.1. The average molecular weight is 409 g/mol. The first-order valence-corrected chi connectivity index (χ1v) is 10.1. The molecule has 2 aromatic rings. The van der Waals surface area contributed by atoms with Gasteiger partial charge in [-0.3, -0.25) is 4.79 Å². The maximum absolute atomic E-state index is 12.8. The van der Waals surface area contributed by atoms with Gasteiger partial charge in [0.25, 0.3) is 5.91 Å². The molecule has 2 heterocycles. The molecule has 152 valence electrons. The minimum absolute atomic E-state index is 0.129. The lowest BCUT2D eigenvalue weighted by atomic mass is 9.99. The molecule has 1 unspecified atom stereocenters. The van der Waals surface area contributed by atoms with Gasteiger partial charge in [-0.05, 0) is 44.4 Å². The summed E-state index contributed by atoms with van der Waals surface area (Å²) in [5, 5.41) is 13.4. The number of piperidine rings is 1. The van der Waals surface area contributed by atoms with Crippen LogP contribution in [-0.4, -0.2) is 54.3 Å². The van der Waals surface area contributed by atoms with Crippen LogP contribution < -0.4 is 10.2 Å². The van der Waals surface area contributed by atoms with Crippen LogP contribution in [0.2, 0.25) is 5.02 Å². The Balaban J connectivity index is 1.83. The number of aliphatic hydroxyl groups is 1. The summed E-state index contributed by atoms with van der Waals surface area (Å²) in [5.41, 5.74) is 1.32. The normalized spacial score (nSPS) is 19.5. The molecule has 1 aromatic carbocycles. The third kappa shape index (κ3) is 4.66. The Hall–Kier alpha value is -2.09. The number of aromatic nitrogens is 1. The van der Waals surface area contributed by atoms with Crippen molar-refractivity contribution in [3.63, 3.8) is 0 Å². The lowest BCUT2D eigenvalue weighted by Gasteiger charge is -2.31. The first-order chi connectivity index (χ1) is 13.5. The number of aromatic amines is 1. The van der Waals surface area contributed by atoms with Gasteiger partial charge < -0.3 is 25.0 Å². The number of anilines is 1. The highest BCUT2D eigenvalue weighted by atomic mass is 35.5. The van der Waals surface area contributed by atoms with Crippen LogP contribution in [0.1, 0.15) is 43.1 Å². The van der Waals surface area contributed by atoms with Crippen molar-refractivity contribution in [2.45, 2.75) is 38.6 Å². The molecule has 28 heavy (non-hydrogen) atoms. The lowest BCUT2D eigenvalue weighted by molar-refractivity contribution is -0.923. The van der Waals surface area contributed by atoms with E-state index in [9.17, 15) is 14.7 Å². The molecule has 2 atom stereocenters. The number of carbonyl (C=O) groups is 2. The molecule has 1 saturated heterocycles. The van der Waals surface area contributed by atoms with Gasteiger partial charge >= 0.3 is 5.97 Å². The van der Waals surface area contributed by atoms with Gasteiger partial charge in [-0.1, -0.05) is 11.6 Å². The van der Waals surface area contributed by atoms with E-state index in [1.165, 1.54) is 4.90 Å². The Kier molecular flexibility index (Phi) is 6.93. The summed E-state index contributed by atoms with van der Waals surface area (Å²) in [6, 6.07) is 5.49. The van der Waals surface area contributed by atoms with Crippen molar-refractivity contribution in [2.75, 3.05) is 31.6 Å². The van der Waals surface area contributed by atoms with Crippen molar-refractivity contribution in [3.05, 3.63) is 28.9 Å². The van der Waals surface area contributed by atoms with Crippen molar-refractivity contribution in [1.82, 2.24) is 4.98 Å². The second-order valence-electron chi connectivity index (χ2n) is 7.12. The average Bonchev–Trinajstić information content (AvgIpc) is 3.01. The highest BCUT2D eigenvalue weighted by molar-refractivity contribution is 6.31. The van der Waals surface area contributed by atoms with Crippen LogP contribution in [0.5, 0.6) is 0 Å². The summed E-state index contributed by atoms with van der Waals surface area (Å²) in [7, 11) is 0. The van der Waals surface area contributed by atoms with Crippen LogP contribution in [-0.2, 0) is 9.53 Å². The third-order valence-corrected chi connectivity index (χ3v) is 5.48. The predicted octanol–water partition coefficient (Wildman–Crippen LogP) is 1.76. The molecule has 1 aromatic heterocycles. The standard InChI is InChI=1S/C20H26ClN3O4/c1-2-28-20(27)19-18(15-11-13(21)6-7-16(15)22-19)23-17(26)12-24-9-4-3-5-14(24)8-10-25/h6-7,11,14,22,25H,2-5,8-10,12H2,1H3,(H,23,26)/p+1/t14-/m0/s1. The third-order valence-electron chi connectivity index (χ3n) is 5.25. The number of carbonyl (C=O) groups excluding carboxylic acids is 2. The fourth-order valence-electron chi connectivity index (χ4n) is 3.93. The van der Waals surface area contributed by atoms with Crippen LogP contribution in [0.3, 0.4) is 0 Å². The monoisotopic (exact) mass is 408 g/mol. The fourth-order valence-corrected chi connectivity index (χ4v) is 4.10. The number of likely N-dealkylation sites (tertiary alicyclic amines) is 1. The number of quaternary nitrogens is 1. The molecule has 1 aliphatic heterocycles. The van der Waals surface area contributed by atoms with Gasteiger partial charge in [0.15, 0.2) is 6.54 Å². The van der Waals surface area contributed by atoms with E-state index in [-0.39, 0.29) is 30.9 Å². The molecule has 1 amide bonds. The molecule has 0 bridgehead atoms.